The molecule has 0 fully saturated rings. The molecule has 0 aliphatic rings. The van der Waals surface area contributed by atoms with E-state index in [9.17, 15) is 4.79 Å². The van der Waals surface area contributed by atoms with Crippen LogP contribution in [0.25, 0.3) is 0 Å². The monoisotopic (exact) mass is 277 g/mol. The van der Waals surface area contributed by atoms with E-state index in [0.717, 1.165) is 0 Å². The molecule has 12 heavy (non-hydrogen) atoms. The smallest absolute Gasteiger partial charge is 0.259 e. The van der Waals surface area contributed by atoms with Crippen LogP contribution in [0.3, 0.4) is 0 Å². The number of aromatic nitrogens is 1. The summed E-state index contributed by atoms with van der Waals surface area (Å²) in [6, 6.07) is 1.73. The number of hydrogen-bond donors (Lipinski definition) is 3. The standard InChI is InChI=1S/C7H8IN3O/c1-10-4-2-3-11-7(12)5(4)6(8)9/h2-3,9H,1H3,(H2,10,11,12). The molecule has 0 saturated heterocycles. The molecule has 0 atom stereocenters. The third kappa shape index (κ3) is 1.66. The molecule has 4 nitrogen and oxygen atoms in total. The lowest BCUT2D eigenvalue weighted by Gasteiger charge is -2.03. The molecule has 0 aliphatic heterocycles. The number of anilines is 1. The summed E-state index contributed by atoms with van der Waals surface area (Å²) >= 11 is 1.81. The fraction of sp³-hybridized carbons (Fsp3) is 0.143. The second kappa shape index (κ2) is 3.70. The van der Waals surface area contributed by atoms with Gasteiger partial charge in [0, 0.05) is 13.2 Å². The molecule has 1 rings (SSSR count). The van der Waals surface area contributed by atoms with E-state index in [-0.39, 0.29) is 9.28 Å². The number of nitrogens with one attached hydrogen (secondary N) is 3. The first-order valence-electron chi connectivity index (χ1n) is 3.30. The molecule has 0 aliphatic carbocycles. The fourth-order valence-corrected chi connectivity index (χ4v) is 1.44. The van der Waals surface area contributed by atoms with Crippen LogP contribution in [0.5, 0.6) is 0 Å². The van der Waals surface area contributed by atoms with Gasteiger partial charge in [0.1, 0.15) is 3.72 Å². The second-order valence-electron chi connectivity index (χ2n) is 2.16. The molecule has 0 bridgehead atoms. The van der Waals surface area contributed by atoms with Crippen LogP contribution >= 0.6 is 22.6 Å². The summed E-state index contributed by atoms with van der Waals surface area (Å²) in [7, 11) is 1.72. The predicted octanol–water partition coefficient (Wildman–Crippen LogP) is 1.18. The van der Waals surface area contributed by atoms with E-state index in [2.05, 4.69) is 10.3 Å². The molecule has 1 aromatic heterocycles. The van der Waals surface area contributed by atoms with Gasteiger partial charge < -0.3 is 10.3 Å². The van der Waals surface area contributed by atoms with Crippen LogP contribution in [0.15, 0.2) is 17.1 Å². The van der Waals surface area contributed by atoms with Crippen molar-refractivity contribution in [2.24, 2.45) is 0 Å². The highest BCUT2D eigenvalue weighted by atomic mass is 127. The Morgan fingerprint density at radius 3 is 2.83 bits per heavy atom. The van der Waals surface area contributed by atoms with Gasteiger partial charge in [-0.1, -0.05) is 0 Å². The van der Waals surface area contributed by atoms with Crippen LogP contribution in [0.4, 0.5) is 5.69 Å². The van der Waals surface area contributed by atoms with Crippen molar-refractivity contribution < 1.29 is 0 Å². The van der Waals surface area contributed by atoms with E-state index < -0.39 is 0 Å². The quantitative estimate of drug-likeness (QED) is 0.561. The van der Waals surface area contributed by atoms with Crippen molar-refractivity contribution in [1.29, 1.82) is 5.41 Å². The van der Waals surface area contributed by atoms with Gasteiger partial charge in [-0.3, -0.25) is 10.2 Å². The molecule has 64 valence electrons. The number of hydrogen-bond acceptors (Lipinski definition) is 3. The van der Waals surface area contributed by atoms with E-state index in [0.29, 0.717) is 11.3 Å². The van der Waals surface area contributed by atoms with E-state index in [1.807, 2.05) is 0 Å². The highest BCUT2D eigenvalue weighted by Crippen LogP contribution is 2.11. The van der Waals surface area contributed by atoms with Gasteiger partial charge in [-0.15, -0.1) is 0 Å². The highest BCUT2D eigenvalue weighted by molar-refractivity contribution is 14.1. The molecule has 0 aromatic carbocycles. The van der Waals surface area contributed by atoms with Crippen LogP contribution < -0.4 is 10.9 Å². The fourth-order valence-electron chi connectivity index (χ4n) is 0.905. The average molecular weight is 277 g/mol. The van der Waals surface area contributed by atoms with Gasteiger partial charge in [0.15, 0.2) is 0 Å². The lowest BCUT2D eigenvalue weighted by atomic mass is 10.2. The first kappa shape index (κ1) is 9.24. The van der Waals surface area contributed by atoms with Crippen molar-refractivity contribution >= 4 is 32.0 Å². The van der Waals surface area contributed by atoms with Gasteiger partial charge in [-0.25, -0.2) is 0 Å². The summed E-state index contributed by atoms with van der Waals surface area (Å²) in [5.41, 5.74) is 0.833. The van der Waals surface area contributed by atoms with E-state index >= 15 is 0 Å². The third-order valence-corrected chi connectivity index (χ3v) is 1.99. The maximum Gasteiger partial charge on any atom is 0.259 e. The molecule has 1 aromatic rings. The molecule has 0 radical (unpaired) electrons. The summed E-state index contributed by atoms with van der Waals surface area (Å²) < 4.78 is 0.235. The molecule has 0 saturated carbocycles. The van der Waals surface area contributed by atoms with Crippen molar-refractivity contribution in [2.75, 3.05) is 12.4 Å². The zero-order chi connectivity index (χ0) is 9.14. The number of H-pyrrole nitrogens is 1. The van der Waals surface area contributed by atoms with Gasteiger partial charge in [0.05, 0.1) is 11.3 Å². The average Bonchev–Trinajstić information content (AvgIpc) is 2.03. The Labute approximate surface area is 83.0 Å². The van der Waals surface area contributed by atoms with E-state index in [1.165, 1.54) is 0 Å². The molecule has 1 heterocycles. The number of rotatable bonds is 2. The minimum Gasteiger partial charge on any atom is -0.387 e. The Bertz CT molecular complexity index is 358. The lowest BCUT2D eigenvalue weighted by Crippen LogP contribution is -2.16. The van der Waals surface area contributed by atoms with E-state index in [4.69, 9.17) is 5.41 Å². The third-order valence-electron chi connectivity index (χ3n) is 1.45. The zero-order valence-electron chi connectivity index (χ0n) is 6.44. The maximum atomic E-state index is 11.2. The summed E-state index contributed by atoms with van der Waals surface area (Å²) in [5.74, 6) is 0. The minimum atomic E-state index is -0.235. The van der Waals surface area contributed by atoms with Gasteiger partial charge in [0.2, 0.25) is 0 Å². The van der Waals surface area contributed by atoms with Gasteiger partial charge >= 0.3 is 0 Å². The largest absolute Gasteiger partial charge is 0.387 e. The molecule has 0 spiro atoms. The molecular weight excluding hydrogens is 269 g/mol. The Balaban J connectivity index is 3.40. The van der Waals surface area contributed by atoms with Crippen LogP contribution in [-0.2, 0) is 0 Å². The Hall–Kier alpha value is -0.850. The van der Waals surface area contributed by atoms with Crippen molar-refractivity contribution in [1.82, 2.24) is 4.98 Å². The molecule has 0 unspecified atom stereocenters. The lowest BCUT2D eigenvalue weighted by molar-refractivity contribution is 1.22. The van der Waals surface area contributed by atoms with Crippen LogP contribution in [-0.4, -0.2) is 15.8 Å². The minimum absolute atomic E-state index is 0.235. The first-order chi connectivity index (χ1) is 5.66. The maximum absolute atomic E-state index is 11.2. The van der Waals surface area contributed by atoms with E-state index in [1.54, 1.807) is 41.9 Å². The normalized spacial score (nSPS) is 9.50. The summed E-state index contributed by atoms with van der Waals surface area (Å²) in [6.45, 7) is 0. The van der Waals surface area contributed by atoms with Crippen LogP contribution in [0, 0.1) is 5.41 Å². The zero-order valence-corrected chi connectivity index (χ0v) is 8.60. The number of pyridine rings is 1. The predicted molar refractivity (Wildman–Crippen MR) is 57.5 cm³/mol. The highest BCUT2D eigenvalue weighted by Gasteiger charge is 2.07. The first-order valence-corrected chi connectivity index (χ1v) is 4.38. The Morgan fingerprint density at radius 1 is 1.75 bits per heavy atom. The van der Waals surface area contributed by atoms with Crippen LogP contribution in [0.1, 0.15) is 5.56 Å². The van der Waals surface area contributed by atoms with Crippen LogP contribution in [0.2, 0.25) is 0 Å². The number of aromatic amines is 1. The summed E-state index contributed by atoms with van der Waals surface area (Å²) in [6.07, 6.45) is 1.55. The van der Waals surface area contributed by atoms with Crippen molar-refractivity contribution in [3.05, 3.63) is 28.2 Å². The summed E-state index contributed by atoms with van der Waals surface area (Å²) in [4.78, 5) is 13.7. The molecular formula is C7H8IN3O. The van der Waals surface area contributed by atoms with Gasteiger partial charge in [0.25, 0.3) is 5.56 Å². The summed E-state index contributed by atoms with van der Waals surface area (Å²) in [5, 5.41) is 10.2. The second-order valence-corrected chi connectivity index (χ2v) is 3.24. The van der Waals surface area contributed by atoms with Crippen molar-refractivity contribution in [3.63, 3.8) is 0 Å². The molecule has 0 amide bonds. The van der Waals surface area contributed by atoms with Crippen molar-refractivity contribution in [2.45, 2.75) is 0 Å². The van der Waals surface area contributed by atoms with Gasteiger partial charge in [-0.05, 0) is 28.7 Å². The van der Waals surface area contributed by atoms with Gasteiger partial charge in [-0.2, -0.15) is 0 Å². The molecule has 5 heteroatoms. The topological polar surface area (TPSA) is 68.7 Å². The number of halogens is 1. The Kier molecular flexibility index (Phi) is 2.85. The Morgan fingerprint density at radius 2 is 2.42 bits per heavy atom. The SMILES string of the molecule is CNc1cc[nH]c(=O)c1C(=N)I. The molecule has 3 N–H and O–H groups in total. The van der Waals surface area contributed by atoms with Crippen molar-refractivity contribution in [3.8, 4) is 0 Å².